The molecule has 1 aliphatic heterocycles. The van der Waals surface area contributed by atoms with Gasteiger partial charge in [0, 0.05) is 19.1 Å². The van der Waals surface area contributed by atoms with Crippen molar-refractivity contribution in [1.82, 2.24) is 9.88 Å². The van der Waals surface area contributed by atoms with E-state index in [0.717, 1.165) is 18.9 Å². The number of aromatic nitrogens is 1. The van der Waals surface area contributed by atoms with Gasteiger partial charge in [-0.05, 0) is 44.2 Å². The minimum atomic E-state index is 0.0517. The number of carbonyl (C=O) groups is 1. The summed E-state index contributed by atoms with van der Waals surface area (Å²) >= 11 is 0. The van der Waals surface area contributed by atoms with Crippen LogP contribution in [0.2, 0.25) is 0 Å². The number of nitrogens with zero attached hydrogens (tertiary/aromatic N) is 2. The zero-order valence-corrected chi connectivity index (χ0v) is 12.9. The zero-order valence-electron chi connectivity index (χ0n) is 12.9. The number of piperidine rings is 1. The van der Waals surface area contributed by atoms with Gasteiger partial charge < -0.3 is 10.2 Å². The van der Waals surface area contributed by atoms with Gasteiger partial charge in [-0.25, -0.2) is 4.98 Å². The predicted octanol–water partition coefficient (Wildman–Crippen LogP) is 3.02. The van der Waals surface area contributed by atoms with E-state index in [1.165, 1.54) is 6.42 Å². The van der Waals surface area contributed by atoms with Crippen molar-refractivity contribution in [2.24, 2.45) is 11.8 Å². The van der Waals surface area contributed by atoms with E-state index in [9.17, 15) is 4.79 Å². The number of hydrogen-bond acceptors (Lipinski definition) is 3. The molecule has 4 nitrogen and oxygen atoms in total. The predicted molar refractivity (Wildman–Crippen MR) is 81.8 cm³/mol. The van der Waals surface area contributed by atoms with E-state index in [1.807, 2.05) is 17.0 Å². The highest BCUT2D eigenvalue weighted by Crippen LogP contribution is 2.22. The molecule has 0 saturated carbocycles. The van der Waals surface area contributed by atoms with Crippen molar-refractivity contribution in [3.05, 3.63) is 23.9 Å². The molecule has 0 bridgehead atoms. The minimum absolute atomic E-state index is 0.0517. The molecule has 1 amide bonds. The Balaban J connectivity index is 2.12. The third kappa shape index (κ3) is 3.71. The van der Waals surface area contributed by atoms with Crippen LogP contribution in [-0.2, 0) is 0 Å². The van der Waals surface area contributed by atoms with Gasteiger partial charge in [0.05, 0.1) is 0 Å². The SMILES string of the molecule is CC1CC(C)CN(C(=O)c2cccc(NC(C)C)n2)C1. The standard InChI is InChI=1S/C16H25N3O/c1-11(2)17-15-7-5-6-14(18-15)16(20)19-9-12(3)8-13(4)10-19/h5-7,11-13H,8-10H2,1-4H3,(H,17,18). The van der Waals surface area contributed by atoms with Gasteiger partial charge in [0.2, 0.25) is 0 Å². The molecule has 0 radical (unpaired) electrons. The van der Waals surface area contributed by atoms with Gasteiger partial charge in [-0.3, -0.25) is 4.79 Å². The fourth-order valence-electron chi connectivity index (χ4n) is 2.92. The summed E-state index contributed by atoms with van der Waals surface area (Å²) in [5.41, 5.74) is 0.539. The van der Waals surface area contributed by atoms with Crippen molar-refractivity contribution < 1.29 is 4.79 Å². The molecule has 0 aromatic carbocycles. The summed E-state index contributed by atoms with van der Waals surface area (Å²) in [5.74, 6) is 1.96. The van der Waals surface area contributed by atoms with Crippen LogP contribution in [0.4, 0.5) is 5.82 Å². The van der Waals surface area contributed by atoms with Crippen LogP contribution >= 0.6 is 0 Å². The Morgan fingerprint density at radius 2 is 1.95 bits per heavy atom. The van der Waals surface area contributed by atoms with E-state index < -0.39 is 0 Å². The quantitative estimate of drug-likeness (QED) is 0.922. The summed E-state index contributed by atoms with van der Waals surface area (Å²) < 4.78 is 0. The highest BCUT2D eigenvalue weighted by atomic mass is 16.2. The maximum absolute atomic E-state index is 12.6. The molecule has 4 heteroatoms. The summed E-state index contributed by atoms with van der Waals surface area (Å²) in [7, 11) is 0. The molecule has 0 aliphatic carbocycles. The number of anilines is 1. The van der Waals surface area contributed by atoms with Crippen molar-refractivity contribution in [2.75, 3.05) is 18.4 Å². The van der Waals surface area contributed by atoms with Crippen molar-refractivity contribution >= 4 is 11.7 Å². The Morgan fingerprint density at radius 3 is 2.55 bits per heavy atom. The van der Waals surface area contributed by atoms with Gasteiger partial charge in [-0.1, -0.05) is 19.9 Å². The topological polar surface area (TPSA) is 45.2 Å². The van der Waals surface area contributed by atoms with Crippen LogP contribution < -0.4 is 5.32 Å². The molecule has 0 spiro atoms. The van der Waals surface area contributed by atoms with Gasteiger partial charge in [-0.2, -0.15) is 0 Å². The Morgan fingerprint density at radius 1 is 1.30 bits per heavy atom. The van der Waals surface area contributed by atoms with Crippen molar-refractivity contribution in [3.63, 3.8) is 0 Å². The number of amides is 1. The van der Waals surface area contributed by atoms with Crippen LogP contribution in [-0.4, -0.2) is 34.9 Å². The first-order chi connectivity index (χ1) is 9.45. The van der Waals surface area contributed by atoms with Crippen LogP contribution in [0.5, 0.6) is 0 Å². The van der Waals surface area contributed by atoms with Crippen LogP contribution in [0.1, 0.15) is 44.6 Å². The second kappa shape index (κ2) is 6.25. The Kier molecular flexibility index (Phi) is 4.63. The number of rotatable bonds is 3. The van der Waals surface area contributed by atoms with Crippen LogP contribution in [0.25, 0.3) is 0 Å². The molecule has 1 fully saturated rings. The summed E-state index contributed by atoms with van der Waals surface area (Å²) in [6, 6.07) is 5.90. The normalized spacial score (nSPS) is 22.9. The molecule has 1 aromatic heterocycles. The molecule has 1 saturated heterocycles. The van der Waals surface area contributed by atoms with Gasteiger partial charge in [0.15, 0.2) is 0 Å². The molecule has 1 aromatic rings. The molecule has 1 N–H and O–H groups in total. The summed E-state index contributed by atoms with van der Waals surface area (Å²) in [4.78, 5) is 18.9. The highest BCUT2D eigenvalue weighted by Gasteiger charge is 2.26. The van der Waals surface area contributed by atoms with E-state index in [2.05, 4.69) is 38.0 Å². The molecule has 2 atom stereocenters. The van der Waals surface area contributed by atoms with Crippen molar-refractivity contribution in [3.8, 4) is 0 Å². The Bertz CT molecular complexity index is 463. The van der Waals surface area contributed by atoms with Gasteiger partial charge in [0.1, 0.15) is 11.5 Å². The monoisotopic (exact) mass is 275 g/mol. The fraction of sp³-hybridized carbons (Fsp3) is 0.625. The highest BCUT2D eigenvalue weighted by molar-refractivity contribution is 5.92. The first kappa shape index (κ1) is 14.8. The molecule has 110 valence electrons. The lowest BCUT2D eigenvalue weighted by molar-refractivity contribution is 0.0617. The number of nitrogens with one attached hydrogen (secondary N) is 1. The van der Waals surface area contributed by atoms with Gasteiger partial charge in [0.25, 0.3) is 5.91 Å². The molecule has 1 aliphatic rings. The molecular formula is C16H25N3O. The number of hydrogen-bond donors (Lipinski definition) is 1. The first-order valence-electron chi connectivity index (χ1n) is 7.48. The van der Waals surface area contributed by atoms with E-state index in [0.29, 0.717) is 23.6 Å². The summed E-state index contributed by atoms with van der Waals surface area (Å²) in [5, 5.41) is 3.24. The molecule has 2 rings (SSSR count). The Hall–Kier alpha value is -1.58. The van der Waals surface area contributed by atoms with Gasteiger partial charge in [-0.15, -0.1) is 0 Å². The zero-order chi connectivity index (χ0) is 14.7. The fourth-order valence-corrected chi connectivity index (χ4v) is 2.92. The summed E-state index contributed by atoms with van der Waals surface area (Å²) in [6.07, 6.45) is 1.20. The number of pyridine rings is 1. The lowest BCUT2D eigenvalue weighted by Gasteiger charge is -2.34. The van der Waals surface area contributed by atoms with E-state index >= 15 is 0 Å². The number of likely N-dealkylation sites (tertiary alicyclic amines) is 1. The largest absolute Gasteiger partial charge is 0.368 e. The smallest absolute Gasteiger partial charge is 0.272 e. The maximum atomic E-state index is 12.6. The maximum Gasteiger partial charge on any atom is 0.272 e. The molecular weight excluding hydrogens is 250 g/mol. The minimum Gasteiger partial charge on any atom is -0.368 e. The average molecular weight is 275 g/mol. The lowest BCUT2D eigenvalue weighted by Crippen LogP contribution is -2.42. The summed E-state index contributed by atoms with van der Waals surface area (Å²) in [6.45, 7) is 10.2. The first-order valence-corrected chi connectivity index (χ1v) is 7.48. The number of carbonyl (C=O) groups excluding carboxylic acids is 1. The second-order valence-electron chi connectivity index (χ2n) is 6.36. The molecule has 2 unspecified atom stereocenters. The van der Waals surface area contributed by atoms with E-state index in [-0.39, 0.29) is 5.91 Å². The lowest BCUT2D eigenvalue weighted by atomic mass is 9.92. The van der Waals surface area contributed by atoms with Gasteiger partial charge >= 0.3 is 0 Å². The van der Waals surface area contributed by atoms with Crippen LogP contribution in [0.3, 0.4) is 0 Å². The van der Waals surface area contributed by atoms with Crippen LogP contribution in [0, 0.1) is 11.8 Å². The van der Waals surface area contributed by atoms with E-state index in [1.54, 1.807) is 6.07 Å². The third-order valence-electron chi connectivity index (χ3n) is 3.56. The Labute approximate surface area is 121 Å². The van der Waals surface area contributed by atoms with E-state index in [4.69, 9.17) is 0 Å². The van der Waals surface area contributed by atoms with Crippen LogP contribution in [0.15, 0.2) is 18.2 Å². The van der Waals surface area contributed by atoms with Crippen molar-refractivity contribution in [2.45, 2.75) is 40.2 Å². The second-order valence-corrected chi connectivity index (χ2v) is 6.36. The molecule has 2 heterocycles. The van der Waals surface area contributed by atoms with Crippen molar-refractivity contribution in [1.29, 1.82) is 0 Å². The average Bonchev–Trinajstić information content (AvgIpc) is 2.36. The third-order valence-corrected chi connectivity index (χ3v) is 3.56. The molecule has 20 heavy (non-hydrogen) atoms.